The van der Waals surface area contributed by atoms with E-state index < -0.39 is 0 Å². The Morgan fingerprint density at radius 3 is 2.34 bits per heavy atom. The molecule has 2 amide bonds. The van der Waals surface area contributed by atoms with Gasteiger partial charge in [-0.25, -0.2) is 4.39 Å². The summed E-state index contributed by atoms with van der Waals surface area (Å²) in [7, 11) is 1.53. The number of nitrogens with one attached hydrogen (secondary N) is 2. The highest BCUT2D eigenvalue weighted by atomic mass is 19.1. The van der Waals surface area contributed by atoms with Crippen molar-refractivity contribution in [3.05, 3.63) is 84.2 Å². The van der Waals surface area contributed by atoms with Gasteiger partial charge in [-0.3, -0.25) is 9.59 Å². The molecule has 3 aromatic carbocycles. The van der Waals surface area contributed by atoms with E-state index in [1.807, 2.05) is 6.07 Å². The second-order valence-corrected chi connectivity index (χ2v) is 7.56. The Morgan fingerprint density at radius 1 is 0.938 bits per heavy atom. The quantitative estimate of drug-likeness (QED) is 0.544. The number of benzene rings is 3. The van der Waals surface area contributed by atoms with Gasteiger partial charge >= 0.3 is 0 Å². The number of anilines is 2. The number of para-hydroxylation sites is 2. The number of methoxy groups -OCH3 is 1. The van der Waals surface area contributed by atoms with Crippen LogP contribution in [0.4, 0.5) is 15.8 Å². The van der Waals surface area contributed by atoms with Crippen LogP contribution >= 0.6 is 0 Å². The molecule has 1 aliphatic carbocycles. The van der Waals surface area contributed by atoms with Crippen LogP contribution in [0, 0.1) is 11.7 Å². The van der Waals surface area contributed by atoms with E-state index in [0.29, 0.717) is 22.9 Å². The molecule has 1 aliphatic rings. The SMILES string of the molecule is COc1ccccc1OCC(=O)Nc1cccc(NC(=O)C2CC2c2ccc(F)cc2)c1. The van der Waals surface area contributed by atoms with Gasteiger partial charge in [-0.15, -0.1) is 0 Å². The molecule has 1 fully saturated rings. The zero-order valence-electron chi connectivity index (χ0n) is 17.5. The largest absolute Gasteiger partial charge is 0.493 e. The average molecular weight is 434 g/mol. The van der Waals surface area contributed by atoms with Gasteiger partial charge in [0.1, 0.15) is 5.82 Å². The van der Waals surface area contributed by atoms with Crippen molar-refractivity contribution >= 4 is 23.2 Å². The fraction of sp³-hybridized carbons (Fsp3) is 0.200. The molecule has 164 valence electrons. The molecule has 2 atom stereocenters. The normalized spacial score (nSPS) is 16.7. The molecule has 7 heteroatoms. The Morgan fingerprint density at radius 2 is 1.62 bits per heavy atom. The lowest BCUT2D eigenvalue weighted by molar-refractivity contribution is -0.118. The van der Waals surface area contributed by atoms with E-state index in [-0.39, 0.29) is 36.1 Å². The van der Waals surface area contributed by atoms with Crippen LogP contribution in [0.3, 0.4) is 0 Å². The van der Waals surface area contributed by atoms with Gasteiger partial charge in [0.2, 0.25) is 5.91 Å². The van der Waals surface area contributed by atoms with Crippen molar-refractivity contribution in [1.29, 1.82) is 0 Å². The fourth-order valence-electron chi connectivity index (χ4n) is 3.55. The first-order valence-corrected chi connectivity index (χ1v) is 10.3. The number of rotatable bonds is 8. The Labute approximate surface area is 185 Å². The van der Waals surface area contributed by atoms with Gasteiger partial charge in [-0.1, -0.05) is 30.3 Å². The van der Waals surface area contributed by atoms with Crippen molar-refractivity contribution in [3.8, 4) is 11.5 Å². The maximum Gasteiger partial charge on any atom is 0.262 e. The molecule has 32 heavy (non-hydrogen) atoms. The third kappa shape index (κ3) is 5.24. The van der Waals surface area contributed by atoms with Crippen LogP contribution in [0.2, 0.25) is 0 Å². The molecule has 4 rings (SSSR count). The molecule has 0 bridgehead atoms. The highest BCUT2D eigenvalue weighted by molar-refractivity contribution is 5.97. The van der Waals surface area contributed by atoms with Gasteiger partial charge in [0.05, 0.1) is 7.11 Å². The van der Waals surface area contributed by atoms with E-state index in [4.69, 9.17) is 9.47 Å². The zero-order chi connectivity index (χ0) is 22.5. The van der Waals surface area contributed by atoms with Crippen LogP contribution in [0.1, 0.15) is 17.9 Å². The molecular weight excluding hydrogens is 411 g/mol. The summed E-state index contributed by atoms with van der Waals surface area (Å²) < 4.78 is 23.8. The molecule has 0 heterocycles. The number of hydrogen-bond donors (Lipinski definition) is 2. The summed E-state index contributed by atoms with van der Waals surface area (Å²) in [4.78, 5) is 24.8. The van der Waals surface area contributed by atoms with Crippen molar-refractivity contribution < 1.29 is 23.5 Å². The van der Waals surface area contributed by atoms with Crippen molar-refractivity contribution in [2.75, 3.05) is 24.4 Å². The van der Waals surface area contributed by atoms with E-state index in [1.165, 1.54) is 19.2 Å². The lowest BCUT2D eigenvalue weighted by Gasteiger charge is -2.11. The molecule has 1 saturated carbocycles. The Balaban J connectivity index is 1.30. The smallest absolute Gasteiger partial charge is 0.262 e. The summed E-state index contributed by atoms with van der Waals surface area (Å²) in [5.74, 6) is 0.261. The van der Waals surface area contributed by atoms with E-state index in [1.54, 1.807) is 54.6 Å². The first-order chi connectivity index (χ1) is 15.5. The van der Waals surface area contributed by atoms with Crippen LogP contribution < -0.4 is 20.1 Å². The van der Waals surface area contributed by atoms with Crippen LogP contribution in [0.5, 0.6) is 11.5 Å². The minimum Gasteiger partial charge on any atom is -0.493 e. The number of amides is 2. The van der Waals surface area contributed by atoms with Gasteiger partial charge in [-0.05, 0) is 60.4 Å². The van der Waals surface area contributed by atoms with Crippen molar-refractivity contribution in [1.82, 2.24) is 0 Å². The number of hydrogen-bond acceptors (Lipinski definition) is 4. The van der Waals surface area contributed by atoms with Crippen LogP contribution in [0.25, 0.3) is 0 Å². The van der Waals surface area contributed by atoms with Crippen molar-refractivity contribution in [2.45, 2.75) is 12.3 Å². The summed E-state index contributed by atoms with van der Waals surface area (Å²) in [5.41, 5.74) is 2.09. The first kappa shape index (κ1) is 21.4. The van der Waals surface area contributed by atoms with Crippen molar-refractivity contribution in [3.63, 3.8) is 0 Å². The first-order valence-electron chi connectivity index (χ1n) is 10.3. The average Bonchev–Trinajstić information content (AvgIpc) is 3.60. The molecule has 3 aromatic rings. The molecule has 0 radical (unpaired) electrons. The molecule has 0 spiro atoms. The summed E-state index contributed by atoms with van der Waals surface area (Å²) in [6, 6.07) is 20.3. The van der Waals surface area contributed by atoms with Crippen molar-refractivity contribution in [2.24, 2.45) is 5.92 Å². The minimum absolute atomic E-state index is 0.0951. The highest BCUT2D eigenvalue weighted by Gasteiger charge is 2.43. The topological polar surface area (TPSA) is 76.7 Å². The minimum atomic E-state index is -0.335. The van der Waals surface area contributed by atoms with Gasteiger partial charge < -0.3 is 20.1 Å². The molecule has 0 aromatic heterocycles. The predicted octanol–water partition coefficient (Wildman–Crippen LogP) is 4.59. The third-order valence-corrected chi connectivity index (χ3v) is 5.27. The van der Waals surface area contributed by atoms with Gasteiger partial charge in [0.25, 0.3) is 5.91 Å². The monoisotopic (exact) mass is 434 g/mol. The number of halogens is 1. The van der Waals surface area contributed by atoms with Gasteiger partial charge in [0.15, 0.2) is 18.1 Å². The predicted molar refractivity (Wildman–Crippen MR) is 119 cm³/mol. The van der Waals surface area contributed by atoms with E-state index in [9.17, 15) is 14.0 Å². The molecule has 0 saturated heterocycles. The number of carbonyl (C=O) groups is 2. The Kier molecular flexibility index (Phi) is 6.35. The fourth-order valence-corrected chi connectivity index (χ4v) is 3.55. The Bertz CT molecular complexity index is 1120. The van der Waals surface area contributed by atoms with E-state index >= 15 is 0 Å². The molecule has 0 aliphatic heterocycles. The lowest BCUT2D eigenvalue weighted by atomic mass is 10.1. The molecule has 6 nitrogen and oxygen atoms in total. The molecule has 2 N–H and O–H groups in total. The summed E-state index contributed by atoms with van der Waals surface area (Å²) in [6.07, 6.45) is 0.730. The maximum absolute atomic E-state index is 13.1. The number of ether oxygens (including phenoxy) is 2. The van der Waals surface area contributed by atoms with E-state index in [2.05, 4.69) is 10.6 Å². The van der Waals surface area contributed by atoms with Crippen LogP contribution in [-0.2, 0) is 9.59 Å². The summed E-state index contributed by atoms with van der Waals surface area (Å²) in [5, 5.41) is 5.65. The van der Waals surface area contributed by atoms with Gasteiger partial charge in [-0.2, -0.15) is 0 Å². The summed E-state index contributed by atoms with van der Waals surface area (Å²) in [6.45, 7) is -0.182. The van der Waals surface area contributed by atoms with E-state index in [0.717, 1.165) is 12.0 Å². The Hall–Kier alpha value is -3.87. The second kappa shape index (κ2) is 9.51. The van der Waals surface area contributed by atoms with Crippen LogP contribution in [-0.4, -0.2) is 25.5 Å². The maximum atomic E-state index is 13.1. The summed E-state index contributed by atoms with van der Waals surface area (Å²) >= 11 is 0. The molecule has 2 unspecified atom stereocenters. The highest BCUT2D eigenvalue weighted by Crippen LogP contribution is 2.48. The zero-order valence-corrected chi connectivity index (χ0v) is 17.5. The van der Waals surface area contributed by atoms with Gasteiger partial charge in [0, 0.05) is 17.3 Å². The molecular formula is C25H23FN2O4. The standard InChI is InChI=1S/C25H23FN2O4/c1-31-22-7-2-3-8-23(22)32-15-24(29)27-18-5-4-6-19(13-18)28-25(30)21-14-20(21)16-9-11-17(26)12-10-16/h2-13,20-21H,14-15H2,1H3,(H,27,29)(H,28,30). The lowest BCUT2D eigenvalue weighted by Crippen LogP contribution is -2.20. The second-order valence-electron chi connectivity index (χ2n) is 7.56. The number of carbonyl (C=O) groups excluding carboxylic acids is 2. The third-order valence-electron chi connectivity index (χ3n) is 5.27. The van der Waals surface area contributed by atoms with Crippen LogP contribution in [0.15, 0.2) is 72.8 Å².